The molecule has 0 bridgehead atoms. The second-order valence-electron chi connectivity index (χ2n) is 8.10. The van der Waals surface area contributed by atoms with Crippen LogP contribution in [0.4, 0.5) is 0 Å². The third-order valence-corrected chi connectivity index (χ3v) is 8.64. The van der Waals surface area contributed by atoms with Crippen LogP contribution in [-0.2, 0) is 14.8 Å². The van der Waals surface area contributed by atoms with Crippen molar-refractivity contribution in [3.63, 3.8) is 0 Å². The zero-order valence-corrected chi connectivity index (χ0v) is 18.9. The van der Waals surface area contributed by atoms with Crippen LogP contribution in [-0.4, -0.2) is 37.8 Å². The first-order chi connectivity index (χ1) is 14.8. The fourth-order valence-electron chi connectivity index (χ4n) is 4.18. The summed E-state index contributed by atoms with van der Waals surface area (Å²) in [5.74, 6) is 1.36. The highest BCUT2D eigenvalue weighted by atomic mass is 32.2. The summed E-state index contributed by atoms with van der Waals surface area (Å²) in [6.45, 7) is 3.52. The number of hydrogen-bond donors (Lipinski definition) is 0. The maximum absolute atomic E-state index is 13.2. The van der Waals surface area contributed by atoms with Gasteiger partial charge in [-0.2, -0.15) is 0 Å². The number of thioether (sulfide) groups is 1. The molecule has 1 aromatic carbocycles. The topological polar surface area (TPSA) is 86.8 Å². The van der Waals surface area contributed by atoms with Crippen LogP contribution in [0, 0.1) is 12.8 Å². The standard InChI is InChI=1S/C22H22N4O3S2/c1-14-3-5-18(6-4-14)31(28,29)26-8-7-19-21-20(11-23-22(19)26)24-13-25(21)17-9-16(10-17)12-30-15(2)27/h3-8,11,13,16-17H,9-10,12H2,1-2H3/t16-,17+. The number of nitrogens with zero attached hydrogens (tertiary/aromatic N) is 4. The molecule has 1 saturated carbocycles. The highest BCUT2D eigenvalue weighted by Gasteiger charge is 2.32. The molecule has 0 aliphatic heterocycles. The minimum atomic E-state index is -3.75. The molecule has 0 spiro atoms. The van der Waals surface area contributed by atoms with Crippen molar-refractivity contribution in [3.8, 4) is 0 Å². The smallest absolute Gasteiger partial charge is 0.269 e. The van der Waals surface area contributed by atoms with E-state index in [0.717, 1.165) is 40.6 Å². The van der Waals surface area contributed by atoms with Crippen molar-refractivity contribution in [2.24, 2.45) is 5.92 Å². The molecule has 0 N–H and O–H groups in total. The van der Waals surface area contributed by atoms with Gasteiger partial charge in [-0.1, -0.05) is 29.5 Å². The number of imidazole rings is 1. The molecular weight excluding hydrogens is 432 g/mol. The summed E-state index contributed by atoms with van der Waals surface area (Å²) < 4.78 is 29.8. The van der Waals surface area contributed by atoms with Crippen LogP contribution in [0.1, 0.15) is 31.4 Å². The Bertz CT molecular complexity index is 1400. The van der Waals surface area contributed by atoms with Crippen molar-refractivity contribution in [1.82, 2.24) is 18.5 Å². The first-order valence-corrected chi connectivity index (χ1v) is 12.6. The van der Waals surface area contributed by atoms with Gasteiger partial charge in [-0.15, -0.1) is 0 Å². The molecule has 0 amide bonds. The summed E-state index contributed by atoms with van der Waals surface area (Å²) >= 11 is 1.38. The molecule has 3 aromatic heterocycles. The average Bonchev–Trinajstić information content (AvgIpc) is 3.31. The van der Waals surface area contributed by atoms with Gasteiger partial charge in [0.1, 0.15) is 5.52 Å². The lowest BCUT2D eigenvalue weighted by molar-refractivity contribution is -0.109. The maximum atomic E-state index is 13.2. The van der Waals surface area contributed by atoms with E-state index in [-0.39, 0.29) is 10.0 Å². The Morgan fingerprint density at radius 3 is 2.61 bits per heavy atom. The Labute approximate surface area is 184 Å². The van der Waals surface area contributed by atoms with Gasteiger partial charge in [0, 0.05) is 30.3 Å². The molecule has 0 saturated heterocycles. The lowest BCUT2D eigenvalue weighted by Gasteiger charge is -2.36. The van der Waals surface area contributed by atoms with E-state index in [9.17, 15) is 13.2 Å². The molecular formula is C22H22N4O3S2. The number of fused-ring (bicyclic) bond motifs is 3. The second kappa shape index (κ2) is 7.49. The molecule has 7 nitrogen and oxygen atoms in total. The highest BCUT2D eigenvalue weighted by molar-refractivity contribution is 8.13. The van der Waals surface area contributed by atoms with E-state index in [1.165, 1.54) is 15.7 Å². The van der Waals surface area contributed by atoms with Crippen LogP contribution >= 0.6 is 11.8 Å². The second-order valence-corrected chi connectivity index (χ2v) is 11.1. The number of hydrogen-bond acceptors (Lipinski definition) is 6. The first-order valence-electron chi connectivity index (χ1n) is 10.1. The van der Waals surface area contributed by atoms with Crippen LogP contribution in [0.25, 0.3) is 22.1 Å². The largest absolute Gasteiger partial charge is 0.327 e. The first kappa shape index (κ1) is 20.3. The zero-order valence-electron chi connectivity index (χ0n) is 17.2. The number of aryl methyl sites for hydroxylation is 1. The Kier molecular flexibility index (Phi) is 4.90. The summed E-state index contributed by atoms with van der Waals surface area (Å²) in [6, 6.07) is 8.91. The van der Waals surface area contributed by atoms with Crippen molar-refractivity contribution in [2.75, 3.05) is 5.75 Å². The quantitative estimate of drug-likeness (QED) is 0.450. The van der Waals surface area contributed by atoms with Crippen molar-refractivity contribution in [2.45, 2.75) is 37.6 Å². The molecule has 0 radical (unpaired) electrons. The highest BCUT2D eigenvalue weighted by Crippen LogP contribution is 2.42. The predicted octanol–water partition coefficient (Wildman–Crippen LogP) is 4.16. The molecule has 3 heterocycles. The van der Waals surface area contributed by atoms with Gasteiger partial charge in [0.15, 0.2) is 10.8 Å². The third-order valence-electron chi connectivity index (χ3n) is 5.92. The molecule has 4 aromatic rings. The van der Waals surface area contributed by atoms with Gasteiger partial charge in [0.05, 0.1) is 22.9 Å². The Morgan fingerprint density at radius 2 is 1.90 bits per heavy atom. The Morgan fingerprint density at radius 1 is 1.16 bits per heavy atom. The minimum Gasteiger partial charge on any atom is -0.327 e. The van der Waals surface area contributed by atoms with Crippen molar-refractivity contribution >= 4 is 49.0 Å². The van der Waals surface area contributed by atoms with E-state index in [1.54, 1.807) is 49.6 Å². The van der Waals surface area contributed by atoms with E-state index >= 15 is 0 Å². The van der Waals surface area contributed by atoms with Crippen LogP contribution in [0.15, 0.2) is 53.9 Å². The summed E-state index contributed by atoms with van der Waals surface area (Å²) in [5, 5.41) is 0.924. The molecule has 1 aliphatic carbocycles. The molecule has 31 heavy (non-hydrogen) atoms. The van der Waals surface area contributed by atoms with Crippen molar-refractivity contribution < 1.29 is 13.2 Å². The van der Waals surface area contributed by atoms with Crippen LogP contribution < -0.4 is 0 Å². The van der Waals surface area contributed by atoms with Gasteiger partial charge < -0.3 is 4.57 Å². The molecule has 5 rings (SSSR count). The number of benzene rings is 1. The number of rotatable bonds is 5. The number of carbonyl (C=O) groups excluding carboxylic acids is 1. The lowest BCUT2D eigenvalue weighted by Crippen LogP contribution is -2.28. The fourth-order valence-corrected chi connectivity index (χ4v) is 6.22. The summed E-state index contributed by atoms with van der Waals surface area (Å²) in [4.78, 5) is 20.4. The molecule has 0 unspecified atom stereocenters. The van der Waals surface area contributed by atoms with Gasteiger partial charge in [0.2, 0.25) is 0 Å². The Balaban J connectivity index is 1.52. The summed E-state index contributed by atoms with van der Waals surface area (Å²) in [6.07, 6.45) is 6.99. The van der Waals surface area contributed by atoms with E-state index in [1.807, 2.05) is 13.3 Å². The normalized spacial score (nSPS) is 19.0. The minimum absolute atomic E-state index is 0.153. The van der Waals surface area contributed by atoms with Crippen LogP contribution in [0.5, 0.6) is 0 Å². The summed E-state index contributed by atoms with van der Waals surface area (Å²) in [7, 11) is -3.75. The van der Waals surface area contributed by atoms with Crippen LogP contribution in [0.2, 0.25) is 0 Å². The number of carbonyl (C=O) groups is 1. The average molecular weight is 455 g/mol. The predicted molar refractivity (Wildman–Crippen MR) is 122 cm³/mol. The SMILES string of the molecule is CC(=O)SC[C@H]1C[C@@H](n2cnc3cnc4c(ccn4S(=O)(=O)c4ccc(C)cc4)c32)C1. The van der Waals surface area contributed by atoms with Gasteiger partial charge >= 0.3 is 0 Å². The van der Waals surface area contributed by atoms with E-state index in [2.05, 4.69) is 14.5 Å². The van der Waals surface area contributed by atoms with Gasteiger partial charge in [-0.25, -0.2) is 22.4 Å². The number of aromatic nitrogens is 4. The number of pyridine rings is 1. The van der Waals surface area contributed by atoms with Gasteiger partial charge in [0.25, 0.3) is 10.0 Å². The molecule has 0 atom stereocenters. The Hall–Kier alpha value is -2.65. The van der Waals surface area contributed by atoms with E-state index in [0.29, 0.717) is 17.6 Å². The van der Waals surface area contributed by atoms with Crippen molar-refractivity contribution in [3.05, 3.63) is 54.6 Å². The third kappa shape index (κ3) is 3.45. The lowest BCUT2D eigenvalue weighted by atomic mass is 9.81. The molecule has 1 fully saturated rings. The summed E-state index contributed by atoms with van der Waals surface area (Å²) in [5.41, 5.74) is 3.06. The maximum Gasteiger partial charge on any atom is 0.269 e. The van der Waals surface area contributed by atoms with E-state index in [4.69, 9.17) is 0 Å². The van der Waals surface area contributed by atoms with E-state index < -0.39 is 10.0 Å². The molecule has 1 aliphatic rings. The van der Waals surface area contributed by atoms with Crippen molar-refractivity contribution in [1.29, 1.82) is 0 Å². The molecule has 9 heteroatoms. The monoisotopic (exact) mass is 454 g/mol. The fraction of sp³-hybridized carbons (Fsp3) is 0.318. The molecule has 160 valence electrons. The van der Waals surface area contributed by atoms with Crippen LogP contribution in [0.3, 0.4) is 0 Å². The zero-order chi connectivity index (χ0) is 21.8. The van der Waals surface area contributed by atoms with Gasteiger partial charge in [-0.05, 0) is 43.9 Å². The van der Waals surface area contributed by atoms with Gasteiger partial charge in [-0.3, -0.25) is 4.79 Å².